The number of carbonyl (C=O) groups is 2. The van der Waals surface area contributed by atoms with Gasteiger partial charge in [-0.15, -0.1) is 0 Å². The second-order valence-corrected chi connectivity index (χ2v) is 4.80. The Kier molecular flexibility index (Phi) is 5.41. The second kappa shape index (κ2) is 6.59. The molecule has 1 amide bonds. The van der Waals surface area contributed by atoms with Gasteiger partial charge in [-0.2, -0.15) is 0 Å². The van der Waals surface area contributed by atoms with E-state index in [2.05, 4.69) is 0 Å². The van der Waals surface area contributed by atoms with E-state index in [0.29, 0.717) is 0 Å². The highest BCUT2D eigenvalue weighted by atomic mass is 16.4. The van der Waals surface area contributed by atoms with E-state index < -0.39 is 12.0 Å². The summed E-state index contributed by atoms with van der Waals surface area (Å²) >= 11 is 0. The molecule has 0 saturated heterocycles. The average molecular weight is 242 g/mol. The van der Waals surface area contributed by atoms with Gasteiger partial charge in [0.1, 0.15) is 0 Å². The fourth-order valence-electron chi connectivity index (χ4n) is 2.36. The quantitative estimate of drug-likeness (QED) is 0.719. The van der Waals surface area contributed by atoms with Gasteiger partial charge in [-0.3, -0.25) is 9.59 Å². The minimum atomic E-state index is -1.03. The van der Waals surface area contributed by atoms with Crippen LogP contribution in [0.15, 0.2) is 0 Å². The van der Waals surface area contributed by atoms with E-state index in [4.69, 9.17) is 10.8 Å². The third-order valence-electron chi connectivity index (χ3n) is 3.43. The van der Waals surface area contributed by atoms with Crippen LogP contribution in [0.1, 0.15) is 44.9 Å². The van der Waals surface area contributed by atoms with Crippen molar-refractivity contribution >= 4 is 11.9 Å². The van der Waals surface area contributed by atoms with Crippen molar-refractivity contribution < 1.29 is 14.7 Å². The summed E-state index contributed by atoms with van der Waals surface area (Å²) in [4.78, 5) is 24.1. The van der Waals surface area contributed by atoms with Crippen LogP contribution in [0.2, 0.25) is 0 Å². The Labute approximate surface area is 102 Å². The monoisotopic (exact) mass is 242 g/mol. The van der Waals surface area contributed by atoms with Crippen LogP contribution in [0, 0.1) is 0 Å². The van der Waals surface area contributed by atoms with E-state index >= 15 is 0 Å². The Morgan fingerprint density at radius 2 is 1.82 bits per heavy atom. The standard InChI is InChI=1S/C12H22N2O3/c1-14(9-6-4-2-3-5-7-9)12(17)10(13)8-11(15)16/h9-10H,2-8,13H2,1H3,(H,15,16). The minimum absolute atomic E-state index is 0.227. The molecule has 0 spiro atoms. The molecule has 0 aromatic rings. The highest BCUT2D eigenvalue weighted by molar-refractivity contribution is 5.86. The molecule has 0 bridgehead atoms. The van der Waals surface area contributed by atoms with Gasteiger partial charge in [-0.1, -0.05) is 25.7 Å². The summed E-state index contributed by atoms with van der Waals surface area (Å²) < 4.78 is 0. The first-order valence-electron chi connectivity index (χ1n) is 6.26. The molecule has 98 valence electrons. The first kappa shape index (κ1) is 14.0. The maximum atomic E-state index is 11.9. The second-order valence-electron chi connectivity index (χ2n) is 4.80. The SMILES string of the molecule is CN(C(=O)C(N)CC(=O)O)C1CCCCCC1. The molecule has 1 saturated carbocycles. The van der Waals surface area contributed by atoms with Crippen LogP contribution in [-0.2, 0) is 9.59 Å². The van der Waals surface area contributed by atoms with Crippen molar-refractivity contribution in [3.8, 4) is 0 Å². The molecule has 0 aromatic carbocycles. The molecule has 1 aliphatic carbocycles. The Morgan fingerprint density at radius 1 is 1.29 bits per heavy atom. The van der Waals surface area contributed by atoms with Crippen LogP contribution < -0.4 is 5.73 Å². The Bertz CT molecular complexity index is 273. The molecule has 17 heavy (non-hydrogen) atoms. The number of nitrogens with zero attached hydrogens (tertiary/aromatic N) is 1. The molecule has 1 unspecified atom stereocenters. The lowest BCUT2D eigenvalue weighted by Gasteiger charge is -2.29. The van der Waals surface area contributed by atoms with E-state index in [1.165, 1.54) is 12.8 Å². The van der Waals surface area contributed by atoms with E-state index in [-0.39, 0.29) is 18.4 Å². The summed E-state index contributed by atoms with van der Waals surface area (Å²) in [6.45, 7) is 0. The molecule has 0 heterocycles. The Balaban J connectivity index is 2.51. The van der Waals surface area contributed by atoms with E-state index in [1.807, 2.05) is 0 Å². The maximum absolute atomic E-state index is 11.9. The topological polar surface area (TPSA) is 83.6 Å². The number of hydrogen-bond donors (Lipinski definition) is 2. The lowest BCUT2D eigenvalue weighted by Crippen LogP contribution is -2.47. The van der Waals surface area contributed by atoms with Gasteiger partial charge in [0.25, 0.3) is 0 Å². The fraction of sp³-hybridized carbons (Fsp3) is 0.833. The summed E-state index contributed by atoms with van der Waals surface area (Å²) in [5.41, 5.74) is 5.59. The molecule has 3 N–H and O–H groups in total. The number of carboxylic acids is 1. The van der Waals surface area contributed by atoms with Gasteiger partial charge in [0.15, 0.2) is 0 Å². The summed E-state index contributed by atoms with van der Waals surface area (Å²) in [5, 5.41) is 8.62. The number of aliphatic carboxylic acids is 1. The fourth-order valence-corrected chi connectivity index (χ4v) is 2.36. The number of rotatable bonds is 4. The largest absolute Gasteiger partial charge is 0.481 e. The van der Waals surface area contributed by atoms with E-state index in [9.17, 15) is 9.59 Å². The van der Waals surface area contributed by atoms with Crippen LogP contribution in [0.4, 0.5) is 0 Å². The average Bonchev–Trinajstić information content (AvgIpc) is 2.54. The highest BCUT2D eigenvalue weighted by Gasteiger charge is 2.26. The van der Waals surface area contributed by atoms with Gasteiger partial charge < -0.3 is 15.7 Å². The number of amides is 1. The predicted octanol–water partition coefficient (Wildman–Crippen LogP) is 0.970. The zero-order valence-electron chi connectivity index (χ0n) is 10.4. The van der Waals surface area contributed by atoms with Crippen molar-refractivity contribution in [1.82, 2.24) is 4.90 Å². The lowest BCUT2D eigenvalue weighted by atomic mass is 10.1. The smallest absolute Gasteiger partial charge is 0.305 e. The zero-order chi connectivity index (χ0) is 12.8. The van der Waals surface area contributed by atoms with Gasteiger partial charge >= 0.3 is 5.97 Å². The van der Waals surface area contributed by atoms with Crippen molar-refractivity contribution in [2.45, 2.75) is 57.0 Å². The van der Waals surface area contributed by atoms with Crippen molar-refractivity contribution in [2.75, 3.05) is 7.05 Å². The highest BCUT2D eigenvalue weighted by Crippen LogP contribution is 2.21. The molecule has 1 aliphatic rings. The zero-order valence-corrected chi connectivity index (χ0v) is 10.4. The number of likely N-dealkylation sites (N-methyl/N-ethyl adjacent to an activating group) is 1. The van der Waals surface area contributed by atoms with E-state index in [0.717, 1.165) is 25.7 Å². The third-order valence-corrected chi connectivity index (χ3v) is 3.43. The molecule has 1 rings (SSSR count). The number of carbonyl (C=O) groups excluding carboxylic acids is 1. The number of hydrogen-bond acceptors (Lipinski definition) is 3. The summed E-state index contributed by atoms with van der Waals surface area (Å²) in [7, 11) is 1.74. The van der Waals surface area contributed by atoms with Crippen LogP contribution in [0.3, 0.4) is 0 Å². The molecular formula is C12H22N2O3. The van der Waals surface area contributed by atoms with Crippen molar-refractivity contribution in [2.24, 2.45) is 5.73 Å². The first-order chi connectivity index (χ1) is 8.02. The number of nitrogens with two attached hydrogens (primary N) is 1. The molecule has 5 heteroatoms. The molecule has 0 aliphatic heterocycles. The van der Waals surface area contributed by atoms with E-state index in [1.54, 1.807) is 11.9 Å². The predicted molar refractivity (Wildman–Crippen MR) is 64.5 cm³/mol. The third kappa shape index (κ3) is 4.34. The molecule has 0 aromatic heterocycles. The molecule has 5 nitrogen and oxygen atoms in total. The van der Waals surface area contributed by atoms with Crippen LogP contribution in [-0.4, -0.2) is 41.0 Å². The van der Waals surface area contributed by atoms with Gasteiger partial charge in [0.05, 0.1) is 12.5 Å². The van der Waals surface area contributed by atoms with Gasteiger partial charge in [0, 0.05) is 13.1 Å². The van der Waals surface area contributed by atoms with Gasteiger partial charge in [-0.25, -0.2) is 0 Å². The van der Waals surface area contributed by atoms with Crippen LogP contribution in [0.25, 0.3) is 0 Å². The van der Waals surface area contributed by atoms with Crippen molar-refractivity contribution in [3.05, 3.63) is 0 Å². The van der Waals surface area contributed by atoms with Gasteiger partial charge in [0.2, 0.25) is 5.91 Å². The molecule has 1 fully saturated rings. The summed E-state index contributed by atoms with van der Waals surface area (Å²) in [6, 6.07) is -0.689. The number of carboxylic acid groups (broad SMARTS) is 1. The van der Waals surface area contributed by atoms with Crippen LogP contribution in [0.5, 0.6) is 0 Å². The van der Waals surface area contributed by atoms with Crippen molar-refractivity contribution in [1.29, 1.82) is 0 Å². The summed E-state index contributed by atoms with van der Waals surface area (Å²) in [6.07, 6.45) is 6.42. The van der Waals surface area contributed by atoms with Gasteiger partial charge in [-0.05, 0) is 12.8 Å². The maximum Gasteiger partial charge on any atom is 0.305 e. The van der Waals surface area contributed by atoms with Crippen LogP contribution >= 0.6 is 0 Å². The molecule has 1 atom stereocenters. The minimum Gasteiger partial charge on any atom is -0.481 e. The van der Waals surface area contributed by atoms with Crippen molar-refractivity contribution in [3.63, 3.8) is 0 Å². The molecular weight excluding hydrogens is 220 g/mol. The Morgan fingerprint density at radius 3 is 2.29 bits per heavy atom. The molecule has 0 radical (unpaired) electrons. The Hall–Kier alpha value is -1.10. The normalized spacial score (nSPS) is 19.4. The first-order valence-corrected chi connectivity index (χ1v) is 6.26. The lowest BCUT2D eigenvalue weighted by molar-refractivity contribution is -0.142. The summed E-state index contributed by atoms with van der Waals surface area (Å²) in [5.74, 6) is -1.28.